The number of thiophene rings is 1. The van der Waals surface area contributed by atoms with Crippen molar-refractivity contribution in [1.82, 2.24) is 0 Å². The summed E-state index contributed by atoms with van der Waals surface area (Å²) >= 11 is 1.89. The van der Waals surface area contributed by atoms with Crippen LogP contribution < -0.4 is 4.90 Å². The highest BCUT2D eigenvalue weighted by molar-refractivity contribution is 7.26. The van der Waals surface area contributed by atoms with Crippen LogP contribution in [0.3, 0.4) is 0 Å². The van der Waals surface area contributed by atoms with E-state index in [4.69, 9.17) is 0 Å². The van der Waals surface area contributed by atoms with Crippen LogP contribution >= 0.6 is 11.3 Å². The molecule has 0 N–H and O–H groups in total. The van der Waals surface area contributed by atoms with Gasteiger partial charge in [-0.3, -0.25) is 0 Å². The Balaban J connectivity index is 0.950. The Kier molecular flexibility index (Phi) is 9.11. The topological polar surface area (TPSA) is 3.24 Å². The van der Waals surface area contributed by atoms with Gasteiger partial charge in [-0.25, -0.2) is 0 Å². The first kappa shape index (κ1) is 35.6. The quantitative estimate of drug-likeness (QED) is 0.148. The Morgan fingerprint density at radius 3 is 1.25 bits per heavy atom. The largest absolute Gasteiger partial charge is 0.310 e. The van der Waals surface area contributed by atoms with E-state index in [0.717, 1.165) is 17.1 Å². The molecule has 0 atom stereocenters. The minimum Gasteiger partial charge on any atom is -0.310 e. The van der Waals surface area contributed by atoms with Gasteiger partial charge in [0.05, 0.1) is 0 Å². The normalized spacial score (nSPS) is 11.3. The molecule has 0 saturated carbocycles. The van der Waals surface area contributed by atoms with Crippen molar-refractivity contribution in [3.05, 3.63) is 237 Å². The molecule has 10 aromatic carbocycles. The third-order valence-electron chi connectivity index (χ3n) is 11.7. The Morgan fingerprint density at radius 2 is 0.683 bits per heavy atom. The number of fused-ring (bicyclic) bond motifs is 5. The molecule has 1 nitrogen and oxygen atoms in total. The fraction of sp³-hybridized carbons (Fsp3) is 0. The Labute approximate surface area is 354 Å². The van der Waals surface area contributed by atoms with E-state index >= 15 is 0 Å². The second-order valence-corrected chi connectivity index (χ2v) is 16.4. The molecular formula is C58H39NS. The summed E-state index contributed by atoms with van der Waals surface area (Å²) in [5.74, 6) is 0. The van der Waals surface area contributed by atoms with Crippen molar-refractivity contribution >= 4 is 59.3 Å². The van der Waals surface area contributed by atoms with E-state index in [1.54, 1.807) is 0 Å². The molecule has 0 amide bonds. The zero-order valence-corrected chi connectivity index (χ0v) is 33.7. The SMILES string of the molecule is c1ccc(-c2ccc(-c3ccc(N(c4ccc(-c5ccc6sc7c8ccccc8ccc7c6c5)cc4)c4cccc(-c5ccc(-c6ccccc6)cc5)c4)cc3)cc2)cc1. The van der Waals surface area contributed by atoms with Crippen LogP contribution in [0.2, 0.25) is 0 Å². The molecule has 0 bridgehead atoms. The summed E-state index contributed by atoms with van der Waals surface area (Å²) in [6.45, 7) is 0. The minimum absolute atomic E-state index is 1.10. The van der Waals surface area contributed by atoms with Gasteiger partial charge in [0.1, 0.15) is 0 Å². The van der Waals surface area contributed by atoms with E-state index in [9.17, 15) is 0 Å². The first-order valence-electron chi connectivity index (χ1n) is 20.5. The van der Waals surface area contributed by atoms with Gasteiger partial charge in [0.25, 0.3) is 0 Å². The zero-order valence-electron chi connectivity index (χ0n) is 32.9. The van der Waals surface area contributed by atoms with Crippen LogP contribution in [0.5, 0.6) is 0 Å². The first-order valence-corrected chi connectivity index (χ1v) is 21.3. The molecule has 2 heteroatoms. The average molecular weight is 782 g/mol. The van der Waals surface area contributed by atoms with Crippen molar-refractivity contribution in [3.63, 3.8) is 0 Å². The van der Waals surface area contributed by atoms with Crippen LogP contribution in [0.15, 0.2) is 237 Å². The lowest BCUT2D eigenvalue weighted by Crippen LogP contribution is -2.10. The van der Waals surface area contributed by atoms with Gasteiger partial charge in [-0.2, -0.15) is 0 Å². The van der Waals surface area contributed by atoms with Crippen molar-refractivity contribution < 1.29 is 0 Å². The maximum Gasteiger partial charge on any atom is 0.0467 e. The molecule has 0 spiro atoms. The second-order valence-electron chi connectivity index (χ2n) is 15.3. The molecule has 1 heterocycles. The van der Waals surface area contributed by atoms with Crippen LogP contribution in [0.25, 0.3) is 86.6 Å². The molecule has 11 aromatic rings. The molecule has 0 aliphatic heterocycles. The van der Waals surface area contributed by atoms with Crippen LogP contribution in [0.4, 0.5) is 17.1 Å². The van der Waals surface area contributed by atoms with E-state index in [1.165, 1.54) is 86.6 Å². The Morgan fingerprint density at radius 1 is 0.250 bits per heavy atom. The predicted octanol–water partition coefficient (Wildman–Crippen LogP) is 17.0. The second kappa shape index (κ2) is 15.3. The maximum absolute atomic E-state index is 2.37. The van der Waals surface area contributed by atoms with Crippen molar-refractivity contribution in [2.75, 3.05) is 4.90 Å². The summed E-state index contributed by atoms with van der Waals surface area (Å²) < 4.78 is 2.67. The molecule has 0 fully saturated rings. The highest BCUT2D eigenvalue weighted by Crippen LogP contribution is 2.42. The van der Waals surface area contributed by atoms with Gasteiger partial charge in [-0.1, -0.05) is 188 Å². The third-order valence-corrected chi connectivity index (χ3v) is 12.9. The fourth-order valence-corrected chi connectivity index (χ4v) is 9.75. The minimum atomic E-state index is 1.10. The molecule has 0 saturated heterocycles. The monoisotopic (exact) mass is 781 g/mol. The molecular weight excluding hydrogens is 743 g/mol. The maximum atomic E-state index is 2.37. The molecule has 0 radical (unpaired) electrons. The molecule has 0 aliphatic rings. The summed E-state index contributed by atoms with van der Waals surface area (Å²) in [6, 6.07) is 86.0. The lowest BCUT2D eigenvalue weighted by atomic mass is 9.99. The summed E-state index contributed by atoms with van der Waals surface area (Å²) in [7, 11) is 0. The molecule has 11 rings (SSSR count). The van der Waals surface area contributed by atoms with Crippen molar-refractivity contribution in [2.45, 2.75) is 0 Å². The van der Waals surface area contributed by atoms with E-state index in [-0.39, 0.29) is 0 Å². The molecule has 1 aromatic heterocycles. The van der Waals surface area contributed by atoms with E-state index in [1.807, 2.05) is 11.3 Å². The smallest absolute Gasteiger partial charge is 0.0467 e. The van der Waals surface area contributed by atoms with Gasteiger partial charge in [0, 0.05) is 37.2 Å². The van der Waals surface area contributed by atoms with Crippen molar-refractivity contribution in [3.8, 4) is 55.6 Å². The number of nitrogens with zero attached hydrogens (tertiary/aromatic N) is 1. The number of benzene rings is 10. The molecule has 0 aliphatic carbocycles. The van der Waals surface area contributed by atoms with E-state index in [0.29, 0.717) is 0 Å². The number of hydrogen-bond acceptors (Lipinski definition) is 2. The Hall–Kier alpha value is -7.52. The third kappa shape index (κ3) is 6.73. The van der Waals surface area contributed by atoms with E-state index in [2.05, 4.69) is 241 Å². The van der Waals surface area contributed by atoms with Gasteiger partial charge >= 0.3 is 0 Å². The predicted molar refractivity (Wildman–Crippen MR) is 259 cm³/mol. The van der Waals surface area contributed by atoms with Gasteiger partial charge in [-0.15, -0.1) is 11.3 Å². The van der Waals surface area contributed by atoms with Crippen molar-refractivity contribution in [2.24, 2.45) is 0 Å². The zero-order chi connectivity index (χ0) is 39.8. The summed E-state index contributed by atoms with van der Waals surface area (Å²) in [5.41, 5.74) is 15.3. The number of rotatable bonds is 8. The van der Waals surface area contributed by atoms with Crippen LogP contribution in [-0.2, 0) is 0 Å². The average Bonchev–Trinajstić information content (AvgIpc) is 3.72. The van der Waals surface area contributed by atoms with Gasteiger partial charge in [-0.05, 0) is 115 Å². The lowest BCUT2D eigenvalue weighted by Gasteiger charge is -2.26. The number of anilines is 3. The van der Waals surface area contributed by atoms with Crippen LogP contribution in [0, 0.1) is 0 Å². The summed E-state index contributed by atoms with van der Waals surface area (Å²) in [4.78, 5) is 2.37. The van der Waals surface area contributed by atoms with Gasteiger partial charge < -0.3 is 4.90 Å². The van der Waals surface area contributed by atoms with Crippen LogP contribution in [-0.4, -0.2) is 0 Å². The lowest BCUT2D eigenvalue weighted by molar-refractivity contribution is 1.28. The Bertz CT molecular complexity index is 3260. The van der Waals surface area contributed by atoms with Crippen LogP contribution in [0.1, 0.15) is 0 Å². The van der Waals surface area contributed by atoms with Gasteiger partial charge in [0.15, 0.2) is 0 Å². The summed E-state index contributed by atoms with van der Waals surface area (Å²) in [6.07, 6.45) is 0. The summed E-state index contributed by atoms with van der Waals surface area (Å²) in [5, 5.41) is 5.25. The number of hydrogen-bond donors (Lipinski definition) is 0. The van der Waals surface area contributed by atoms with Crippen molar-refractivity contribution in [1.29, 1.82) is 0 Å². The fourth-order valence-electron chi connectivity index (χ4n) is 8.53. The van der Waals surface area contributed by atoms with E-state index < -0.39 is 0 Å². The molecule has 60 heavy (non-hydrogen) atoms. The van der Waals surface area contributed by atoms with Gasteiger partial charge in [0.2, 0.25) is 0 Å². The highest BCUT2D eigenvalue weighted by atomic mass is 32.1. The molecule has 282 valence electrons. The first-order chi connectivity index (χ1) is 29.7. The standard InChI is InChI=1S/C58H39NS/c1-3-10-40(11-4-1)42-18-20-44(21-19-42)45-26-32-51(33-27-45)59(53-16-9-15-49(38-53)46-24-22-43(23-25-46)41-12-5-2-6-13-41)52-34-28-47(29-35-52)50-31-37-57-56(39-50)55-36-30-48-14-7-8-17-54(48)58(55)60-57/h1-39H. The molecule has 0 unspecified atom stereocenters. The highest BCUT2D eigenvalue weighted by Gasteiger charge is 2.16.